The molecule has 0 unspecified atom stereocenters. The molecule has 1 saturated heterocycles. The van der Waals surface area contributed by atoms with Gasteiger partial charge in [0.15, 0.2) is 5.65 Å². The fourth-order valence-corrected chi connectivity index (χ4v) is 6.13. The number of para-hydroxylation sites is 1. The second-order valence-corrected chi connectivity index (χ2v) is 11.3. The van der Waals surface area contributed by atoms with Gasteiger partial charge in [0.05, 0.1) is 23.8 Å². The zero-order chi connectivity index (χ0) is 23.9. The summed E-state index contributed by atoms with van der Waals surface area (Å²) in [7, 11) is -3.12. The van der Waals surface area contributed by atoms with Gasteiger partial charge < -0.3 is 15.7 Å². The summed E-state index contributed by atoms with van der Waals surface area (Å²) in [6, 6.07) is 3.43. The lowest BCUT2D eigenvalue weighted by atomic mass is 9.93. The van der Waals surface area contributed by atoms with Crippen LogP contribution in [-0.2, 0) is 9.84 Å². The van der Waals surface area contributed by atoms with Crippen LogP contribution in [0.2, 0.25) is 0 Å². The standard InChI is InChI=1S/C22H26F2N6O3S/c23-16-2-1-3-17(24)19(16)28-22-27-18-12-25-21(26-13-4-6-15(31)7-5-13)29-20(18)30(22)14-8-10-34(32,33)11-9-14/h1-3,12-15,31H,4-11H2,(H,27,28)(H,25,26,29). The van der Waals surface area contributed by atoms with E-state index in [1.165, 1.54) is 6.07 Å². The van der Waals surface area contributed by atoms with Gasteiger partial charge in [0.25, 0.3) is 0 Å². The van der Waals surface area contributed by atoms with Crippen molar-refractivity contribution in [2.24, 2.45) is 0 Å². The SMILES string of the molecule is O=S1(=O)CCC(n2c(Nc3c(F)cccc3F)nc3cnc(NC4CCC(O)CC4)nc32)CC1. The zero-order valence-corrected chi connectivity index (χ0v) is 19.2. The molecule has 1 aliphatic carbocycles. The van der Waals surface area contributed by atoms with Crippen molar-refractivity contribution in [1.29, 1.82) is 0 Å². The number of nitrogens with one attached hydrogen (secondary N) is 2. The second-order valence-electron chi connectivity index (χ2n) is 8.96. The third kappa shape index (κ3) is 4.69. The third-order valence-electron chi connectivity index (χ3n) is 6.55. The molecule has 12 heteroatoms. The van der Waals surface area contributed by atoms with E-state index in [9.17, 15) is 22.3 Å². The Bertz CT molecular complexity index is 1270. The monoisotopic (exact) mass is 492 g/mol. The topological polar surface area (TPSA) is 122 Å². The number of benzene rings is 1. The fourth-order valence-electron chi connectivity index (χ4n) is 4.66. The first-order valence-electron chi connectivity index (χ1n) is 11.4. The first kappa shape index (κ1) is 22.9. The maximum absolute atomic E-state index is 14.3. The number of aliphatic hydroxyl groups is 1. The largest absolute Gasteiger partial charge is 0.393 e. The molecule has 1 aliphatic heterocycles. The number of hydrogen-bond acceptors (Lipinski definition) is 8. The lowest BCUT2D eigenvalue weighted by Crippen LogP contribution is -2.29. The maximum atomic E-state index is 14.3. The van der Waals surface area contributed by atoms with E-state index in [0.717, 1.165) is 25.0 Å². The van der Waals surface area contributed by atoms with E-state index >= 15 is 0 Å². The Balaban J connectivity index is 1.52. The summed E-state index contributed by atoms with van der Waals surface area (Å²) >= 11 is 0. The van der Waals surface area contributed by atoms with Gasteiger partial charge in [-0.15, -0.1) is 0 Å². The summed E-state index contributed by atoms with van der Waals surface area (Å²) < 4.78 is 54.4. The first-order valence-corrected chi connectivity index (χ1v) is 13.2. The van der Waals surface area contributed by atoms with Crippen LogP contribution in [0.15, 0.2) is 24.4 Å². The van der Waals surface area contributed by atoms with E-state index in [4.69, 9.17) is 0 Å². The number of sulfone groups is 1. The summed E-state index contributed by atoms with van der Waals surface area (Å²) in [6.45, 7) is 0. The number of hydrogen-bond donors (Lipinski definition) is 3. The number of aliphatic hydroxyl groups excluding tert-OH is 1. The molecule has 182 valence electrons. The summed E-state index contributed by atoms with van der Waals surface area (Å²) in [6.07, 6.45) is 4.95. The molecule has 0 bridgehead atoms. The summed E-state index contributed by atoms with van der Waals surface area (Å²) in [5, 5.41) is 15.8. The highest BCUT2D eigenvalue weighted by Gasteiger charge is 2.29. The average Bonchev–Trinajstić information content (AvgIpc) is 3.15. The quantitative estimate of drug-likeness (QED) is 0.496. The van der Waals surface area contributed by atoms with Gasteiger partial charge in [-0.3, -0.25) is 4.57 Å². The van der Waals surface area contributed by atoms with Crippen molar-refractivity contribution >= 4 is 38.6 Å². The molecule has 3 heterocycles. The van der Waals surface area contributed by atoms with Crippen molar-refractivity contribution in [2.75, 3.05) is 22.1 Å². The highest BCUT2D eigenvalue weighted by atomic mass is 32.2. The van der Waals surface area contributed by atoms with Crippen LogP contribution in [0.25, 0.3) is 11.2 Å². The van der Waals surface area contributed by atoms with Gasteiger partial charge in [0.2, 0.25) is 11.9 Å². The first-order chi connectivity index (χ1) is 16.3. The van der Waals surface area contributed by atoms with Gasteiger partial charge in [0, 0.05) is 12.1 Å². The zero-order valence-electron chi connectivity index (χ0n) is 18.4. The van der Waals surface area contributed by atoms with E-state index < -0.39 is 21.5 Å². The van der Waals surface area contributed by atoms with E-state index in [2.05, 4.69) is 25.6 Å². The Morgan fingerprint density at radius 3 is 2.35 bits per heavy atom. The number of nitrogens with zero attached hydrogens (tertiary/aromatic N) is 4. The molecule has 2 aromatic heterocycles. The molecule has 34 heavy (non-hydrogen) atoms. The Morgan fingerprint density at radius 2 is 1.68 bits per heavy atom. The molecular weight excluding hydrogens is 466 g/mol. The number of fused-ring (bicyclic) bond motifs is 1. The summed E-state index contributed by atoms with van der Waals surface area (Å²) in [4.78, 5) is 13.5. The van der Waals surface area contributed by atoms with E-state index in [1.807, 2.05) is 0 Å². The summed E-state index contributed by atoms with van der Waals surface area (Å²) in [5.74, 6) is -0.926. The van der Waals surface area contributed by atoms with Crippen molar-refractivity contribution in [1.82, 2.24) is 19.5 Å². The van der Waals surface area contributed by atoms with Crippen LogP contribution in [0.1, 0.15) is 44.6 Å². The second kappa shape index (κ2) is 9.06. The number of imidazole rings is 1. The van der Waals surface area contributed by atoms with Gasteiger partial charge in [0.1, 0.15) is 32.7 Å². The minimum Gasteiger partial charge on any atom is -0.393 e. The molecule has 0 amide bonds. The Morgan fingerprint density at radius 1 is 1.00 bits per heavy atom. The van der Waals surface area contributed by atoms with E-state index in [0.29, 0.717) is 42.8 Å². The molecule has 0 spiro atoms. The van der Waals surface area contributed by atoms with Crippen LogP contribution in [-0.4, -0.2) is 56.7 Å². The lowest BCUT2D eigenvalue weighted by Gasteiger charge is -2.26. The summed E-state index contributed by atoms with van der Waals surface area (Å²) in [5.41, 5.74) is 0.545. The van der Waals surface area contributed by atoms with Gasteiger partial charge in [-0.2, -0.15) is 4.98 Å². The average molecular weight is 493 g/mol. The Hall–Kier alpha value is -2.86. The van der Waals surface area contributed by atoms with Crippen molar-refractivity contribution in [3.63, 3.8) is 0 Å². The highest BCUT2D eigenvalue weighted by molar-refractivity contribution is 7.91. The van der Waals surface area contributed by atoms with Crippen molar-refractivity contribution in [3.8, 4) is 0 Å². The maximum Gasteiger partial charge on any atom is 0.224 e. The van der Waals surface area contributed by atoms with Crippen molar-refractivity contribution in [3.05, 3.63) is 36.0 Å². The predicted molar refractivity (Wildman–Crippen MR) is 124 cm³/mol. The molecule has 2 fully saturated rings. The molecule has 1 saturated carbocycles. The van der Waals surface area contributed by atoms with Gasteiger partial charge >= 0.3 is 0 Å². The molecular formula is C22H26F2N6O3S. The molecule has 5 rings (SSSR count). The minimum absolute atomic E-state index is 0.0193. The molecule has 9 nitrogen and oxygen atoms in total. The van der Waals surface area contributed by atoms with E-state index in [1.54, 1.807) is 10.8 Å². The highest BCUT2D eigenvalue weighted by Crippen LogP contribution is 2.34. The molecule has 0 atom stereocenters. The van der Waals surface area contributed by atoms with Crippen LogP contribution < -0.4 is 10.6 Å². The number of rotatable bonds is 5. The van der Waals surface area contributed by atoms with Gasteiger partial charge in [-0.25, -0.2) is 27.2 Å². The smallest absolute Gasteiger partial charge is 0.224 e. The number of aromatic nitrogens is 4. The Kier molecular flexibility index (Phi) is 6.11. The predicted octanol–water partition coefficient (Wildman–Crippen LogP) is 3.31. The molecule has 1 aromatic carbocycles. The third-order valence-corrected chi connectivity index (χ3v) is 8.27. The molecule has 0 radical (unpaired) electrons. The van der Waals surface area contributed by atoms with Crippen LogP contribution in [0.4, 0.5) is 26.4 Å². The normalized spacial score (nSPS) is 23.1. The van der Waals surface area contributed by atoms with Crippen LogP contribution in [0.5, 0.6) is 0 Å². The van der Waals surface area contributed by atoms with Crippen molar-refractivity contribution in [2.45, 2.75) is 56.7 Å². The van der Waals surface area contributed by atoms with E-state index in [-0.39, 0.29) is 41.3 Å². The number of halogens is 2. The van der Waals surface area contributed by atoms with Crippen LogP contribution in [0.3, 0.4) is 0 Å². The van der Waals surface area contributed by atoms with Crippen LogP contribution >= 0.6 is 0 Å². The lowest BCUT2D eigenvalue weighted by molar-refractivity contribution is 0.126. The molecule has 2 aliphatic rings. The molecule has 3 aromatic rings. The van der Waals surface area contributed by atoms with Crippen LogP contribution in [0, 0.1) is 11.6 Å². The van der Waals surface area contributed by atoms with Crippen molar-refractivity contribution < 1.29 is 22.3 Å². The fraction of sp³-hybridized carbons (Fsp3) is 0.500. The molecule has 3 N–H and O–H groups in total. The Labute approximate surface area is 195 Å². The number of anilines is 3. The van der Waals surface area contributed by atoms with Gasteiger partial charge in [-0.1, -0.05) is 6.07 Å². The van der Waals surface area contributed by atoms with Gasteiger partial charge in [-0.05, 0) is 50.7 Å². The minimum atomic E-state index is -3.12.